The third-order valence-electron chi connectivity index (χ3n) is 3.31. The Labute approximate surface area is 134 Å². The number of aryl methyl sites for hydroxylation is 1. The van der Waals surface area contributed by atoms with E-state index in [0.29, 0.717) is 18.7 Å². The second kappa shape index (κ2) is 7.14. The number of carbonyl (C=O) groups excluding carboxylic acids is 2. The first-order chi connectivity index (χ1) is 10.0. The molecule has 0 aliphatic carbocycles. The first-order valence-electron chi connectivity index (χ1n) is 6.96. The lowest BCUT2D eigenvalue weighted by Gasteiger charge is -2.30. The zero-order valence-electron chi connectivity index (χ0n) is 11.8. The smallest absolute Gasteiger partial charge is 0.311 e. The number of fused-ring (bicyclic) bond motifs is 1. The molecule has 6 heteroatoms. The number of anilines is 1. The predicted octanol–water partition coefficient (Wildman–Crippen LogP) is 3.48. The van der Waals surface area contributed by atoms with Crippen LogP contribution in [0.15, 0.2) is 18.2 Å². The number of halogens is 2. The molecule has 1 aromatic rings. The fraction of sp³-hybridized carbons (Fsp3) is 0.467. The highest BCUT2D eigenvalue weighted by Crippen LogP contribution is 2.31. The summed E-state index contributed by atoms with van der Waals surface area (Å²) in [7, 11) is 0. The van der Waals surface area contributed by atoms with Gasteiger partial charge in [0.2, 0.25) is 0 Å². The van der Waals surface area contributed by atoms with E-state index < -0.39 is 4.84 Å². The zero-order valence-corrected chi connectivity index (χ0v) is 13.3. The number of ether oxygens (including phenoxy) is 1. The van der Waals surface area contributed by atoms with Gasteiger partial charge in [0.05, 0.1) is 0 Å². The Morgan fingerprint density at radius 1 is 1.38 bits per heavy atom. The van der Waals surface area contributed by atoms with E-state index in [-0.39, 0.29) is 11.9 Å². The maximum Gasteiger partial charge on any atom is 0.311 e. The summed E-state index contributed by atoms with van der Waals surface area (Å²) in [6.45, 7) is 2.52. The number of rotatable bonds is 4. The van der Waals surface area contributed by atoms with Crippen molar-refractivity contribution in [3.05, 3.63) is 23.8 Å². The van der Waals surface area contributed by atoms with Gasteiger partial charge in [0.1, 0.15) is 5.75 Å². The van der Waals surface area contributed by atoms with Gasteiger partial charge in [0, 0.05) is 18.7 Å². The number of hydrogen-bond acceptors (Lipinski definition) is 3. The molecule has 21 heavy (non-hydrogen) atoms. The van der Waals surface area contributed by atoms with Crippen LogP contribution in [0.5, 0.6) is 5.75 Å². The lowest BCUT2D eigenvalue weighted by atomic mass is 10.0. The molecule has 0 N–H and O–H groups in total. The van der Waals surface area contributed by atoms with Crippen molar-refractivity contribution in [3.8, 4) is 5.75 Å². The Bertz CT molecular complexity index is 546. The molecule has 0 saturated heterocycles. The third-order valence-corrected chi connectivity index (χ3v) is 3.68. The number of hydrogen-bond donors (Lipinski definition) is 0. The molecule has 0 spiro atoms. The van der Waals surface area contributed by atoms with Crippen LogP contribution in [0.2, 0.25) is 0 Å². The van der Waals surface area contributed by atoms with Gasteiger partial charge in [-0.2, -0.15) is 0 Å². The molecule has 1 aliphatic rings. The summed E-state index contributed by atoms with van der Waals surface area (Å²) in [4.78, 5) is 24.0. The van der Waals surface area contributed by atoms with E-state index in [4.69, 9.17) is 27.9 Å². The van der Waals surface area contributed by atoms with Gasteiger partial charge in [-0.3, -0.25) is 9.59 Å². The highest BCUT2D eigenvalue weighted by Gasteiger charge is 2.26. The SMILES string of the molecule is CCCC(=O)Oc1ccc2c(c1)CCCN2C(=O)C(Cl)Cl. The summed E-state index contributed by atoms with van der Waals surface area (Å²) in [5, 5.41) is 0. The fourth-order valence-corrected chi connectivity index (χ4v) is 2.61. The molecule has 1 heterocycles. The Kier molecular flexibility index (Phi) is 5.48. The van der Waals surface area contributed by atoms with Gasteiger partial charge in [-0.05, 0) is 43.0 Å². The van der Waals surface area contributed by atoms with Crippen LogP contribution >= 0.6 is 23.2 Å². The van der Waals surface area contributed by atoms with Gasteiger partial charge < -0.3 is 9.64 Å². The molecule has 2 rings (SSSR count). The number of amides is 1. The first kappa shape index (κ1) is 16.1. The Morgan fingerprint density at radius 2 is 2.14 bits per heavy atom. The molecular weight excluding hydrogens is 313 g/mol. The molecule has 4 nitrogen and oxygen atoms in total. The molecule has 114 valence electrons. The topological polar surface area (TPSA) is 46.6 Å². The molecule has 0 saturated carbocycles. The summed E-state index contributed by atoms with van der Waals surface area (Å²) in [6, 6.07) is 5.27. The first-order valence-corrected chi connectivity index (χ1v) is 7.83. The van der Waals surface area contributed by atoms with Crippen LogP contribution in [0.1, 0.15) is 31.7 Å². The molecule has 0 atom stereocenters. The quantitative estimate of drug-likeness (QED) is 0.482. The number of benzene rings is 1. The van der Waals surface area contributed by atoms with Gasteiger partial charge in [0.15, 0.2) is 4.84 Å². The molecule has 0 bridgehead atoms. The average Bonchev–Trinajstić information content (AvgIpc) is 2.45. The van der Waals surface area contributed by atoms with Crippen molar-refractivity contribution >= 4 is 40.8 Å². The zero-order chi connectivity index (χ0) is 15.4. The van der Waals surface area contributed by atoms with E-state index in [0.717, 1.165) is 30.5 Å². The lowest BCUT2D eigenvalue weighted by Crippen LogP contribution is -2.38. The van der Waals surface area contributed by atoms with Crippen LogP contribution < -0.4 is 9.64 Å². The third kappa shape index (κ3) is 3.89. The minimum atomic E-state index is -1.07. The van der Waals surface area contributed by atoms with E-state index in [2.05, 4.69) is 0 Å². The van der Waals surface area contributed by atoms with Crippen LogP contribution in [0.25, 0.3) is 0 Å². The van der Waals surface area contributed by atoms with Crippen LogP contribution in [0.3, 0.4) is 0 Å². The van der Waals surface area contributed by atoms with Crippen LogP contribution in [-0.4, -0.2) is 23.3 Å². The Morgan fingerprint density at radius 3 is 2.81 bits per heavy atom. The Hall–Kier alpha value is -1.26. The van der Waals surface area contributed by atoms with Crippen molar-refractivity contribution in [3.63, 3.8) is 0 Å². The highest BCUT2D eigenvalue weighted by molar-refractivity contribution is 6.54. The molecule has 0 unspecified atom stereocenters. The van der Waals surface area contributed by atoms with Crippen LogP contribution in [0.4, 0.5) is 5.69 Å². The number of nitrogens with zero attached hydrogens (tertiary/aromatic N) is 1. The fourth-order valence-electron chi connectivity index (χ4n) is 2.37. The van der Waals surface area contributed by atoms with E-state index in [9.17, 15) is 9.59 Å². The second-order valence-electron chi connectivity index (χ2n) is 4.91. The lowest BCUT2D eigenvalue weighted by molar-refractivity contribution is -0.134. The number of carbonyl (C=O) groups is 2. The summed E-state index contributed by atoms with van der Waals surface area (Å²) in [6.07, 6.45) is 2.79. The van der Waals surface area contributed by atoms with Crippen molar-refractivity contribution in [1.82, 2.24) is 0 Å². The van der Waals surface area contributed by atoms with Gasteiger partial charge in [-0.1, -0.05) is 30.1 Å². The highest BCUT2D eigenvalue weighted by atomic mass is 35.5. The summed E-state index contributed by atoms with van der Waals surface area (Å²) >= 11 is 11.3. The van der Waals surface area contributed by atoms with E-state index in [1.54, 1.807) is 23.1 Å². The molecule has 1 amide bonds. The molecule has 1 aliphatic heterocycles. The monoisotopic (exact) mass is 329 g/mol. The summed E-state index contributed by atoms with van der Waals surface area (Å²) in [5.74, 6) is -0.0624. The Balaban J connectivity index is 2.20. The molecule has 0 fully saturated rings. The summed E-state index contributed by atoms with van der Waals surface area (Å²) < 4.78 is 5.27. The van der Waals surface area contributed by atoms with E-state index in [1.165, 1.54) is 0 Å². The number of esters is 1. The van der Waals surface area contributed by atoms with Crippen molar-refractivity contribution < 1.29 is 14.3 Å². The van der Waals surface area contributed by atoms with Gasteiger partial charge in [-0.15, -0.1) is 0 Å². The maximum absolute atomic E-state index is 12.0. The predicted molar refractivity (Wildman–Crippen MR) is 83.2 cm³/mol. The number of alkyl halides is 2. The van der Waals surface area contributed by atoms with Gasteiger partial charge >= 0.3 is 5.97 Å². The largest absolute Gasteiger partial charge is 0.427 e. The average molecular weight is 330 g/mol. The molecule has 0 aromatic heterocycles. The van der Waals surface area contributed by atoms with Crippen molar-refractivity contribution in [2.75, 3.05) is 11.4 Å². The second-order valence-corrected chi connectivity index (χ2v) is 6.00. The van der Waals surface area contributed by atoms with Crippen molar-refractivity contribution in [2.45, 2.75) is 37.4 Å². The maximum atomic E-state index is 12.0. The molecule has 0 radical (unpaired) electrons. The van der Waals surface area contributed by atoms with Crippen molar-refractivity contribution in [2.24, 2.45) is 0 Å². The van der Waals surface area contributed by atoms with Crippen molar-refractivity contribution in [1.29, 1.82) is 0 Å². The molecule has 1 aromatic carbocycles. The van der Waals surface area contributed by atoms with Gasteiger partial charge in [0.25, 0.3) is 5.91 Å². The van der Waals surface area contributed by atoms with E-state index in [1.807, 2.05) is 6.92 Å². The van der Waals surface area contributed by atoms with E-state index >= 15 is 0 Å². The van der Waals surface area contributed by atoms with Gasteiger partial charge in [-0.25, -0.2) is 0 Å². The van der Waals surface area contributed by atoms with Crippen LogP contribution in [-0.2, 0) is 16.0 Å². The normalized spacial score (nSPS) is 14.0. The summed E-state index contributed by atoms with van der Waals surface area (Å²) in [5.41, 5.74) is 1.75. The minimum Gasteiger partial charge on any atom is -0.427 e. The minimum absolute atomic E-state index is 0.247. The standard InChI is InChI=1S/C15H17Cl2NO3/c1-2-4-13(19)21-11-6-7-12-10(9-11)5-3-8-18(12)15(20)14(16)17/h6-7,9,14H,2-5,8H2,1H3. The molecular formula is C15H17Cl2NO3. The van der Waals surface area contributed by atoms with Crippen LogP contribution in [0, 0.1) is 0 Å².